The third-order valence-electron chi connectivity index (χ3n) is 8.89. The van der Waals surface area contributed by atoms with E-state index in [-0.39, 0.29) is 5.97 Å². The molecular weight excluding hydrogens is 532 g/mol. The van der Waals surface area contributed by atoms with Crippen LogP contribution in [0, 0.1) is 0 Å². The minimum atomic E-state index is -1.07. The van der Waals surface area contributed by atoms with E-state index in [4.69, 9.17) is 9.47 Å². The number of anilines is 3. The number of nitrogens with one attached hydrogen (secondary N) is 1. The van der Waals surface area contributed by atoms with Crippen LogP contribution in [0.5, 0.6) is 11.5 Å². The summed E-state index contributed by atoms with van der Waals surface area (Å²) in [5.74, 6) is 1.07. The van der Waals surface area contributed by atoms with Gasteiger partial charge in [-0.3, -0.25) is 0 Å². The lowest BCUT2D eigenvalue weighted by Gasteiger charge is -2.36. The highest BCUT2D eigenvalue weighted by molar-refractivity contribution is 5.97. The maximum atomic E-state index is 13.2. The fourth-order valence-electron chi connectivity index (χ4n) is 6.67. The summed E-state index contributed by atoms with van der Waals surface area (Å²) < 4.78 is 12.7. The predicted octanol–water partition coefficient (Wildman–Crippen LogP) is 9.75. The van der Waals surface area contributed by atoms with Gasteiger partial charge >= 0.3 is 5.97 Å². The highest BCUT2D eigenvalue weighted by Gasteiger charge is 2.53. The summed E-state index contributed by atoms with van der Waals surface area (Å²) in [6.45, 7) is 8.64. The molecule has 5 nitrogen and oxygen atoms in total. The first-order valence-corrected chi connectivity index (χ1v) is 16.0. The van der Waals surface area contributed by atoms with Crippen LogP contribution in [0.15, 0.2) is 84.9 Å². The molecule has 0 aliphatic carbocycles. The van der Waals surface area contributed by atoms with E-state index in [1.54, 1.807) is 0 Å². The van der Waals surface area contributed by atoms with Crippen LogP contribution in [-0.2, 0) is 16.8 Å². The van der Waals surface area contributed by atoms with Crippen LogP contribution in [0.1, 0.15) is 91.9 Å². The number of esters is 1. The first-order valence-electron chi connectivity index (χ1n) is 16.0. The Bertz CT molecular complexity index is 1610. The Hall–Kier alpha value is -4.25. The van der Waals surface area contributed by atoms with Crippen molar-refractivity contribution in [2.24, 2.45) is 0 Å². The molecule has 0 amide bonds. The Kier molecular flexibility index (Phi) is 8.42. The number of nitrogens with zero attached hydrogens (tertiary/aromatic N) is 1. The first-order chi connectivity index (χ1) is 21.1. The summed E-state index contributed by atoms with van der Waals surface area (Å²) in [6, 6.07) is 28.3. The van der Waals surface area contributed by atoms with Crippen LogP contribution in [0.3, 0.4) is 0 Å². The van der Waals surface area contributed by atoms with E-state index < -0.39 is 5.60 Å². The number of benzene rings is 4. The van der Waals surface area contributed by atoms with E-state index in [2.05, 4.69) is 55.3 Å². The molecule has 1 spiro atoms. The zero-order valence-electron chi connectivity index (χ0n) is 25.6. The van der Waals surface area contributed by atoms with Crippen LogP contribution >= 0.6 is 0 Å². The van der Waals surface area contributed by atoms with Gasteiger partial charge in [0.05, 0.1) is 5.56 Å². The second-order valence-electron chi connectivity index (χ2n) is 11.6. The molecule has 0 fully saturated rings. The summed E-state index contributed by atoms with van der Waals surface area (Å²) in [4.78, 5) is 15.6. The monoisotopic (exact) mass is 574 g/mol. The highest BCUT2D eigenvalue weighted by atomic mass is 16.6. The Balaban J connectivity index is 1.33. The van der Waals surface area contributed by atoms with Crippen molar-refractivity contribution in [3.05, 3.63) is 113 Å². The lowest BCUT2D eigenvalue weighted by molar-refractivity contribution is 0.0224. The minimum absolute atomic E-state index is 0.318. The molecule has 4 aromatic rings. The average molecular weight is 575 g/mol. The van der Waals surface area contributed by atoms with Crippen molar-refractivity contribution in [1.82, 2.24) is 0 Å². The third-order valence-corrected chi connectivity index (χ3v) is 8.89. The molecular formula is C38H42N2O3. The largest absolute Gasteiger partial charge is 0.456 e. The number of fused-ring (bicyclic) bond motifs is 6. The normalized spacial score (nSPS) is 16.2. The van der Waals surface area contributed by atoms with Gasteiger partial charge in [-0.05, 0) is 74.7 Å². The molecule has 0 aromatic heterocycles. The number of ether oxygens (including phenoxy) is 2. The van der Waals surface area contributed by atoms with E-state index in [0.29, 0.717) is 17.1 Å². The van der Waals surface area contributed by atoms with Gasteiger partial charge in [-0.2, -0.15) is 0 Å². The van der Waals surface area contributed by atoms with Crippen molar-refractivity contribution in [3.8, 4) is 11.5 Å². The van der Waals surface area contributed by atoms with E-state index in [0.717, 1.165) is 47.6 Å². The molecule has 4 aromatic carbocycles. The zero-order chi connectivity index (χ0) is 29.8. The standard InChI is InChI=1S/C38H42N2O3/c1-4-7-8-9-10-11-16-27-21-22-29(26-34(27)40(5-2)6-3)39-28-23-24-36-33(25-28)38(32-19-14-15-20-35(32)42-36)31-18-13-12-17-30(31)37(41)43-38/h12-15,17-26,39H,4-11,16H2,1-3H3. The summed E-state index contributed by atoms with van der Waals surface area (Å²) >= 11 is 0. The summed E-state index contributed by atoms with van der Waals surface area (Å²) in [5.41, 5.74) is 6.68. The molecule has 1 N–H and O–H groups in total. The molecule has 222 valence electrons. The molecule has 5 heteroatoms. The quantitative estimate of drug-likeness (QED) is 0.135. The van der Waals surface area contributed by atoms with Crippen LogP contribution in [0.2, 0.25) is 0 Å². The molecule has 1 unspecified atom stereocenters. The van der Waals surface area contributed by atoms with Crippen LogP contribution in [0.25, 0.3) is 0 Å². The van der Waals surface area contributed by atoms with Crippen molar-refractivity contribution < 1.29 is 14.3 Å². The van der Waals surface area contributed by atoms with E-state index >= 15 is 0 Å². The van der Waals surface area contributed by atoms with Gasteiger partial charge in [0.15, 0.2) is 5.60 Å². The van der Waals surface area contributed by atoms with Gasteiger partial charge in [-0.25, -0.2) is 4.79 Å². The van der Waals surface area contributed by atoms with Gasteiger partial charge < -0.3 is 19.7 Å². The van der Waals surface area contributed by atoms with Crippen LogP contribution in [-0.4, -0.2) is 19.1 Å². The molecule has 2 heterocycles. The van der Waals surface area contributed by atoms with Gasteiger partial charge in [-0.1, -0.05) is 81.5 Å². The van der Waals surface area contributed by atoms with Gasteiger partial charge in [0.25, 0.3) is 0 Å². The zero-order valence-corrected chi connectivity index (χ0v) is 25.6. The smallest absolute Gasteiger partial charge is 0.340 e. The SMILES string of the molecule is CCCCCCCCc1ccc(Nc2ccc3c(c2)C2(OC(=O)c4ccccc42)c2ccccc2O3)cc1N(CC)CC. The van der Waals surface area contributed by atoms with Crippen molar-refractivity contribution in [1.29, 1.82) is 0 Å². The molecule has 0 bridgehead atoms. The Morgan fingerprint density at radius 2 is 1.37 bits per heavy atom. The summed E-state index contributed by atoms with van der Waals surface area (Å²) in [5, 5.41) is 3.66. The Labute approximate surface area is 255 Å². The number of aryl methyl sites for hydroxylation is 1. The predicted molar refractivity (Wildman–Crippen MR) is 175 cm³/mol. The van der Waals surface area contributed by atoms with Gasteiger partial charge in [0, 0.05) is 46.8 Å². The number of unbranched alkanes of at least 4 members (excludes halogenated alkanes) is 5. The Morgan fingerprint density at radius 3 is 2.19 bits per heavy atom. The topological polar surface area (TPSA) is 50.8 Å². The van der Waals surface area contributed by atoms with Gasteiger partial charge in [-0.15, -0.1) is 0 Å². The van der Waals surface area contributed by atoms with Crippen molar-refractivity contribution >= 4 is 23.0 Å². The lowest BCUT2D eigenvalue weighted by Crippen LogP contribution is -2.33. The molecule has 43 heavy (non-hydrogen) atoms. The second-order valence-corrected chi connectivity index (χ2v) is 11.6. The maximum absolute atomic E-state index is 13.2. The lowest BCUT2D eigenvalue weighted by atomic mass is 9.77. The number of carbonyl (C=O) groups excluding carboxylic acids is 1. The van der Waals surface area contributed by atoms with Gasteiger partial charge in [0.1, 0.15) is 11.5 Å². The molecule has 0 radical (unpaired) electrons. The fraction of sp³-hybridized carbons (Fsp3) is 0.342. The summed E-state index contributed by atoms with van der Waals surface area (Å²) in [6.07, 6.45) is 8.88. The van der Waals surface area contributed by atoms with Gasteiger partial charge in [0.2, 0.25) is 0 Å². The highest BCUT2D eigenvalue weighted by Crippen LogP contribution is 2.56. The van der Waals surface area contributed by atoms with Crippen molar-refractivity contribution in [2.45, 2.75) is 71.3 Å². The van der Waals surface area contributed by atoms with E-state index in [9.17, 15) is 4.79 Å². The third kappa shape index (κ3) is 5.37. The molecule has 0 saturated heterocycles. The second kappa shape index (κ2) is 12.5. The number of hydrogen-bond acceptors (Lipinski definition) is 5. The number of para-hydroxylation sites is 1. The molecule has 2 aliphatic heterocycles. The van der Waals surface area contributed by atoms with Crippen LogP contribution < -0.4 is 15.0 Å². The minimum Gasteiger partial charge on any atom is -0.456 e. The number of hydrogen-bond donors (Lipinski definition) is 1. The number of rotatable bonds is 12. The maximum Gasteiger partial charge on any atom is 0.340 e. The Morgan fingerprint density at radius 1 is 0.698 bits per heavy atom. The fourth-order valence-corrected chi connectivity index (χ4v) is 6.67. The molecule has 0 saturated carbocycles. The van der Waals surface area contributed by atoms with Crippen molar-refractivity contribution in [2.75, 3.05) is 23.3 Å². The molecule has 6 rings (SSSR count). The van der Waals surface area contributed by atoms with Crippen molar-refractivity contribution in [3.63, 3.8) is 0 Å². The van der Waals surface area contributed by atoms with Crippen LogP contribution in [0.4, 0.5) is 17.1 Å². The van der Waals surface area contributed by atoms with E-state index in [1.165, 1.54) is 49.8 Å². The molecule has 2 aliphatic rings. The first kappa shape index (κ1) is 28.9. The number of carbonyl (C=O) groups is 1. The molecule has 1 atom stereocenters. The van der Waals surface area contributed by atoms with E-state index in [1.807, 2.05) is 60.7 Å². The summed E-state index contributed by atoms with van der Waals surface area (Å²) in [7, 11) is 0. The average Bonchev–Trinajstić information content (AvgIpc) is 3.33.